The van der Waals surface area contributed by atoms with Crippen molar-refractivity contribution in [2.24, 2.45) is 0 Å². The number of benzene rings is 2. The van der Waals surface area contributed by atoms with Gasteiger partial charge in [0.1, 0.15) is 17.5 Å². The van der Waals surface area contributed by atoms with Gasteiger partial charge in [-0.1, -0.05) is 15.9 Å². The Kier molecular flexibility index (Phi) is 4.27. The van der Waals surface area contributed by atoms with Crippen molar-refractivity contribution in [2.75, 3.05) is 0 Å². The van der Waals surface area contributed by atoms with Crippen molar-refractivity contribution >= 4 is 15.9 Å². The maximum atomic E-state index is 13.5. The molecule has 0 fully saturated rings. The number of halogens is 4. The summed E-state index contributed by atoms with van der Waals surface area (Å²) in [7, 11) is 0. The monoisotopic (exact) mass is 330 g/mol. The minimum absolute atomic E-state index is 0.0152. The lowest BCUT2D eigenvalue weighted by Crippen LogP contribution is -2.06. The molecule has 0 amide bonds. The standard InChI is InChI=1S/C14H10BrF3O/c15-12-3-1-9(16)5-8(12)6-14(19)11-7-10(17)2-4-13(11)18/h1-5,7,14,19H,6H2. The third kappa shape index (κ3) is 3.36. The summed E-state index contributed by atoms with van der Waals surface area (Å²) in [6.45, 7) is 0. The first-order valence-electron chi connectivity index (χ1n) is 5.54. The third-order valence-corrected chi connectivity index (χ3v) is 3.51. The van der Waals surface area contributed by atoms with E-state index in [0.717, 1.165) is 18.2 Å². The van der Waals surface area contributed by atoms with Crippen molar-refractivity contribution in [3.8, 4) is 0 Å². The average molecular weight is 331 g/mol. The number of rotatable bonds is 3. The fourth-order valence-corrected chi connectivity index (χ4v) is 2.20. The maximum Gasteiger partial charge on any atom is 0.129 e. The Balaban J connectivity index is 2.27. The van der Waals surface area contributed by atoms with Crippen LogP contribution in [0.15, 0.2) is 40.9 Å². The van der Waals surface area contributed by atoms with E-state index in [1.807, 2.05) is 0 Å². The van der Waals surface area contributed by atoms with Crippen molar-refractivity contribution < 1.29 is 18.3 Å². The largest absolute Gasteiger partial charge is 0.388 e. The van der Waals surface area contributed by atoms with Gasteiger partial charge in [0.15, 0.2) is 0 Å². The van der Waals surface area contributed by atoms with Gasteiger partial charge in [0, 0.05) is 16.5 Å². The Morgan fingerprint density at radius 3 is 2.37 bits per heavy atom. The molecule has 2 aromatic rings. The highest BCUT2D eigenvalue weighted by atomic mass is 79.9. The van der Waals surface area contributed by atoms with Crippen LogP contribution in [-0.2, 0) is 6.42 Å². The highest BCUT2D eigenvalue weighted by molar-refractivity contribution is 9.10. The second-order valence-corrected chi connectivity index (χ2v) is 4.98. The molecule has 0 aliphatic heterocycles. The van der Waals surface area contributed by atoms with E-state index in [2.05, 4.69) is 15.9 Å². The topological polar surface area (TPSA) is 20.2 Å². The SMILES string of the molecule is OC(Cc1cc(F)ccc1Br)c1cc(F)ccc1F. The van der Waals surface area contributed by atoms with Gasteiger partial charge in [-0.2, -0.15) is 0 Å². The number of hydrogen-bond acceptors (Lipinski definition) is 1. The summed E-state index contributed by atoms with van der Waals surface area (Å²) in [5.74, 6) is -1.78. The summed E-state index contributed by atoms with van der Waals surface area (Å²) in [5, 5.41) is 9.94. The summed E-state index contributed by atoms with van der Waals surface area (Å²) in [5.41, 5.74) is 0.340. The Morgan fingerprint density at radius 2 is 1.63 bits per heavy atom. The predicted molar refractivity (Wildman–Crippen MR) is 69.1 cm³/mol. The summed E-state index contributed by atoms with van der Waals surface area (Å²) in [4.78, 5) is 0. The highest BCUT2D eigenvalue weighted by Crippen LogP contribution is 2.26. The van der Waals surface area contributed by atoms with Gasteiger partial charge in [0.05, 0.1) is 6.10 Å². The van der Waals surface area contributed by atoms with Gasteiger partial charge >= 0.3 is 0 Å². The molecular weight excluding hydrogens is 321 g/mol. The zero-order chi connectivity index (χ0) is 14.0. The van der Waals surface area contributed by atoms with Gasteiger partial charge in [-0.05, 0) is 42.0 Å². The van der Waals surface area contributed by atoms with Gasteiger partial charge in [0.25, 0.3) is 0 Å². The number of hydrogen-bond donors (Lipinski definition) is 1. The van der Waals surface area contributed by atoms with Gasteiger partial charge in [-0.25, -0.2) is 13.2 Å². The molecule has 5 heteroatoms. The van der Waals surface area contributed by atoms with Crippen molar-refractivity contribution in [3.05, 3.63) is 69.4 Å². The van der Waals surface area contributed by atoms with Crippen LogP contribution in [0.2, 0.25) is 0 Å². The summed E-state index contributed by atoms with van der Waals surface area (Å²) >= 11 is 3.22. The molecule has 1 atom stereocenters. The van der Waals surface area contributed by atoms with E-state index >= 15 is 0 Å². The van der Waals surface area contributed by atoms with Gasteiger partial charge in [0.2, 0.25) is 0 Å². The minimum Gasteiger partial charge on any atom is -0.388 e. The first-order chi connectivity index (χ1) is 8.97. The second-order valence-electron chi connectivity index (χ2n) is 4.12. The fourth-order valence-electron chi connectivity index (χ4n) is 1.79. The molecule has 19 heavy (non-hydrogen) atoms. The molecule has 2 rings (SSSR count). The molecule has 0 spiro atoms. The van der Waals surface area contributed by atoms with E-state index < -0.39 is 23.6 Å². The molecule has 0 aliphatic rings. The molecule has 1 unspecified atom stereocenters. The number of aliphatic hydroxyl groups excluding tert-OH is 1. The third-order valence-electron chi connectivity index (χ3n) is 2.74. The summed E-state index contributed by atoms with van der Waals surface area (Å²) in [6.07, 6.45) is -1.26. The molecule has 0 radical (unpaired) electrons. The smallest absolute Gasteiger partial charge is 0.129 e. The van der Waals surface area contributed by atoms with E-state index in [0.29, 0.717) is 10.0 Å². The summed E-state index contributed by atoms with van der Waals surface area (Å²) < 4.78 is 40.2. The molecular formula is C14H10BrF3O. The van der Waals surface area contributed by atoms with Crippen LogP contribution in [0.3, 0.4) is 0 Å². The normalized spacial score (nSPS) is 12.5. The van der Waals surface area contributed by atoms with E-state index in [1.54, 1.807) is 0 Å². The maximum absolute atomic E-state index is 13.5. The molecule has 0 bridgehead atoms. The quantitative estimate of drug-likeness (QED) is 0.896. The first-order valence-corrected chi connectivity index (χ1v) is 6.33. The molecule has 0 heterocycles. The van der Waals surface area contributed by atoms with E-state index in [-0.39, 0.29) is 12.0 Å². The molecule has 1 nitrogen and oxygen atoms in total. The lowest BCUT2D eigenvalue weighted by molar-refractivity contribution is 0.173. The van der Waals surface area contributed by atoms with Crippen molar-refractivity contribution in [3.63, 3.8) is 0 Å². The van der Waals surface area contributed by atoms with E-state index in [4.69, 9.17) is 0 Å². The van der Waals surface area contributed by atoms with Crippen molar-refractivity contribution in [2.45, 2.75) is 12.5 Å². The zero-order valence-corrected chi connectivity index (χ0v) is 11.3. The summed E-state index contributed by atoms with van der Waals surface area (Å²) in [6, 6.07) is 6.87. The van der Waals surface area contributed by atoms with E-state index in [1.165, 1.54) is 18.2 Å². The van der Waals surface area contributed by atoms with Gasteiger partial charge in [-0.3, -0.25) is 0 Å². The Hall–Kier alpha value is -1.33. The van der Waals surface area contributed by atoms with Crippen molar-refractivity contribution in [1.29, 1.82) is 0 Å². The lowest BCUT2D eigenvalue weighted by atomic mass is 10.0. The van der Waals surface area contributed by atoms with E-state index in [9.17, 15) is 18.3 Å². The molecule has 0 aliphatic carbocycles. The zero-order valence-electron chi connectivity index (χ0n) is 9.71. The van der Waals surface area contributed by atoms with Crippen LogP contribution in [0.5, 0.6) is 0 Å². The Morgan fingerprint density at radius 1 is 1.00 bits per heavy atom. The van der Waals surface area contributed by atoms with Crippen LogP contribution in [0.25, 0.3) is 0 Å². The highest BCUT2D eigenvalue weighted by Gasteiger charge is 2.16. The van der Waals surface area contributed by atoms with Gasteiger partial charge in [-0.15, -0.1) is 0 Å². The molecule has 0 saturated heterocycles. The van der Waals surface area contributed by atoms with Crippen molar-refractivity contribution in [1.82, 2.24) is 0 Å². The second kappa shape index (κ2) is 5.75. The fraction of sp³-hybridized carbons (Fsp3) is 0.143. The van der Waals surface area contributed by atoms with Gasteiger partial charge < -0.3 is 5.11 Å². The van der Waals surface area contributed by atoms with Crippen LogP contribution in [0.1, 0.15) is 17.2 Å². The molecule has 100 valence electrons. The molecule has 2 aromatic carbocycles. The van der Waals surface area contributed by atoms with Crippen LogP contribution in [0.4, 0.5) is 13.2 Å². The van der Waals surface area contributed by atoms with Crippen LogP contribution < -0.4 is 0 Å². The van der Waals surface area contributed by atoms with Crippen LogP contribution in [0, 0.1) is 17.5 Å². The molecule has 1 N–H and O–H groups in total. The predicted octanol–water partition coefficient (Wildman–Crippen LogP) is 4.14. The minimum atomic E-state index is -1.24. The molecule has 0 saturated carbocycles. The Bertz CT molecular complexity index is 601. The lowest BCUT2D eigenvalue weighted by Gasteiger charge is -2.13. The average Bonchev–Trinajstić information content (AvgIpc) is 2.36. The Labute approximate surface area is 116 Å². The molecule has 0 aromatic heterocycles. The van der Waals surface area contributed by atoms with Crippen LogP contribution >= 0.6 is 15.9 Å². The van der Waals surface area contributed by atoms with Crippen LogP contribution in [-0.4, -0.2) is 5.11 Å². The number of aliphatic hydroxyl groups is 1. The first kappa shape index (κ1) is 14.1.